The number of hydrogen-bond donors (Lipinski definition) is 1. The second kappa shape index (κ2) is 5.95. The SMILES string of the molecule is Nc1ccc(C2=C(Br)c3ccccc3C23c2ccccc2-c2ccccc23)cc1. The van der Waals surface area contributed by atoms with Gasteiger partial charge in [0.2, 0.25) is 0 Å². The van der Waals surface area contributed by atoms with Crippen molar-refractivity contribution < 1.29 is 0 Å². The van der Waals surface area contributed by atoms with Crippen molar-refractivity contribution in [1.82, 2.24) is 0 Å². The molecule has 0 radical (unpaired) electrons. The minimum atomic E-state index is -0.335. The molecule has 0 unspecified atom stereocenters. The minimum Gasteiger partial charge on any atom is -0.399 e. The Bertz CT molecular complexity index is 1270. The Balaban J connectivity index is 1.81. The van der Waals surface area contributed by atoms with Crippen LogP contribution in [0.2, 0.25) is 0 Å². The van der Waals surface area contributed by atoms with Gasteiger partial charge in [0.25, 0.3) is 0 Å². The van der Waals surface area contributed by atoms with Gasteiger partial charge in [-0.15, -0.1) is 0 Å². The molecule has 138 valence electrons. The number of benzene rings is 4. The number of fused-ring (bicyclic) bond motifs is 7. The predicted octanol–water partition coefficient (Wildman–Crippen LogP) is 6.86. The van der Waals surface area contributed by atoms with E-state index in [-0.39, 0.29) is 5.41 Å². The van der Waals surface area contributed by atoms with E-state index < -0.39 is 0 Å². The Morgan fingerprint density at radius 3 is 1.55 bits per heavy atom. The molecular weight excluding hydrogens is 418 g/mol. The highest BCUT2D eigenvalue weighted by Gasteiger charge is 2.52. The maximum Gasteiger partial charge on any atom is 0.0736 e. The lowest BCUT2D eigenvalue weighted by molar-refractivity contribution is 0.842. The molecule has 0 heterocycles. The molecule has 2 heteroatoms. The van der Waals surface area contributed by atoms with Crippen LogP contribution in [0.25, 0.3) is 21.2 Å². The summed E-state index contributed by atoms with van der Waals surface area (Å²) >= 11 is 4.00. The van der Waals surface area contributed by atoms with Gasteiger partial charge in [0.15, 0.2) is 0 Å². The fraction of sp³-hybridized carbons (Fsp3) is 0.0370. The molecule has 1 spiro atoms. The van der Waals surface area contributed by atoms with Gasteiger partial charge in [0.1, 0.15) is 0 Å². The molecule has 0 atom stereocenters. The Morgan fingerprint density at radius 1 is 0.552 bits per heavy atom. The van der Waals surface area contributed by atoms with Crippen LogP contribution in [-0.2, 0) is 5.41 Å². The van der Waals surface area contributed by atoms with Gasteiger partial charge in [-0.05, 0) is 72.6 Å². The molecule has 4 aromatic carbocycles. The van der Waals surface area contributed by atoms with Crippen LogP contribution in [0, 0.1) is 0 Å². The zero-order valence-electron chi connectivity index (χ0n) is 15.7. The van der Waals surface area contributed by atoms with E-state index in [1.807, 2.05) is 12.1 Å². The minimum absolute atomic E-state index is 0.335. The first-order valence-electron chi connectivity index (χ1n) is 9.78. The third-order valence-electron chi connectivity index (χ3n) is 6.31. The molecule has 1 nitrogen and oxygen atoms in total. The molecule has 2 aliphatic carbocycles. The van der Waals surface area contributed by atoms with Crippen LogP contribution in [0.3, 0.4) is 0 Å². The van der Waals surface area contributed by atoms with Crippen LogP contribution in [0.1, 0.15) is 27.8 Å². The van der Waals surface area contributed by atoms with Crippen LogP contribution in [-0.4, -0.2) is 0 Å². The predicted molar refractivity (Wildman–Crippen MR) is 125 cm³/mol. The highest BCUT2D eigenvalue weighted by atomic mass is 79.9. The zero-order chi connectivity index (χ0) is 19.6. The maximum absolute atomic E-state index is 6.01. The van der Waals surface area contributed by atoms with E-state index in [1.165, 1.54) is 44.5 Å². The highest BCUT2D eigenvalue weighted by molar-refractivity contribution is 9.15. The second-order valence-corrected chi connectivity index (χ2v) is 8.49. The summed E-state index contributed by atoms with van der Waals surface area (Å²) in [5.41, 5.74) is 16.8. The number of halogens is 1. The molecule has 0 saturated carbocycles. The normalized spacial score (nSPS) is 15.3. The summed E-state index contributed by atoms with van der Waals surface area (Å²) < 4.78 is 1.16. The summed E-state index contributed by atoms with van der Waals surface area (Å²) in [7, 11) is 0. The first kappa shape index (κ1) is 16.8. The number of nitrogens with two attached hydrogens (primary N) is 1. The van der Waals surface area contributed by atoms with Gasteiger partial charge in [-0.2, -0.15) is 0 Å². The summed E-state index contributed by atoms with van der Waals surface area (Å²) in [4.78, 5) is 0. The summed E-state index contributed by atoms with van der Waals surface area (Å²) in [6.45, 7) is 0. The van der Waals surface area contributed by atoms with Gasteiger partial charge in [-0.1, -0.05) is 84.9 Å². The average molecular weight is 436 g/mol. The maximum atomic E-state index is 6.01. The van der Waals surface area contributed by atoms with E-state index in [0.717, 1.165) is 10.2 Å². The zero-order valence-corrected chi connectivity index (χ0v) is 17.3. The first-order chi connectivity index (χ1) is 14.2. The monoisotopic (exact) mass is 435 g/mol. The lowest BCUT2D eigenvalue weighted by Crippen LogP contribution is -2.26. The lowest BCUT2D eigenvalue weighted by Gasteiger charge is -2.33. The third-order valence-corrected chi connectivity index (χ3v) is 7.14. The Kier molecular flexibility index (Phi) is 3.45. The fourth-order valence-corrected chi connectivity index (χ4v) is 6.10. The quantitative estimate of drug-likeness (QED) is 0.324. The van der Waals surface area contributed by atoms with Crippen molar-refractivity contribution in [3.05, 3.63) is 125 Å². The van der Waals surface area contributed by atoms with E-state index in [2.05, 4.69) is 101 Å². The van der Waals surface area contributed by atoms with E-state index >= 15 is 0 Å². The number of allylic oxidation sites excluding steroid dienone is 1. The molecule has 0 fully saturated rings. The smallest absolute Gasteiger partial charge is 0.0736 e. The first-order valence-corrected chi connectivity index (χ1v) is 10.6. The van der Waals surface area contributed by atoms with E-state index in [9.17, 15) is 0 Å². The summed E-state index contributed by atoms with van der Waals surface area (Å²) in [6, 6.07) is 34.7. The average Bonchev–Trinajstić information content (AvgIpc) is 3.21. The summed E-state index contributed by atoms with van der Waals surface area (Å²) in [6.07, 6.45) is 0. The number of hydrogen-bond acceptors (Lipinski definition) is 1. The second-order valence-electron chi connectivity index (χ2n) is 7.70. The van der Waals surface area contributed by atoms with Crippen LogP contribution in [0.15, 0.2) is 97.1 Å². The van der Waals surface area contributed by atoms with Gasteiger partial charge in [-0.3, -0.25) is 0 Å². The number of rotatable bonds is 1. The van der Waals surface area contributed by atoms with Gasteiger partial charge in [0, 0.05) is 10.2 Å². The van der Waals surface area contributed by atoms with Gasteiger partial charge >= 0.3 is 0 Å². The van der Waals surface area contributed by atoms with Crippen molar-refractivity contribution in [3.8, 4) is 11.1 Å². The van der Waals surface area contributed by atoms with E-state index in [0.29, 0.717) is 0 Å². The molecule has 0 saturated heterocycles. The fourth-order valence-electron chi connectivity index (χ4n) is 5.22. The largest absolute Gasteiger partial charge is 0.399 e. The molecule has 0 amide bonds. The molecule has 6 rings (SSSR count). The van der Waals surface area contributed by atoms with Crippen LogP contribution in [0.4, 0.5) is 5.69 Å². The molecular formula is C27H18BrN. The van der Waals surface area contributed by atoms with Crippen molar-refractivity contribution >= 4 is 31.7 Å². The molecule has 4 aromatic rings. The molecule has 0 bridgehead atoms. The summed E-state index contributed by atoms with van der Waals surface area (Å²) in [5.74, 6) is 0. The molecule has 0 aromatic heterocycles. The Hall–Kier alpha value is -3.10. The van der Waals surface area contributed by atoms with Crippen molar-refractivity contribution in [3.63, 3.8) is 0 Å². The van der Waals surface area contributed by atoms with Crippen molar-refractivity contribution in [2.24, 2.45) is 0 Å². The van der Waals surface area contributed by atoms with Gasteiger partial charge in [-0.25, -0.2) is 0 Å². The number of nitrogen functional groups attached to an aromatic ring is 1. The molecule has 0 aliphatic heterocycles. The number of anilines is 1. The van der Waals surface area contributed by atoms with Crippen molar-refractivity contribution in [2.75, 3.05) is 5.73 Å². The lowest BCUT2D eigenvalue weighted by atomic mass is 9.68. The molecule has 2 aliphatic rings. The van der Waals surface area contributed by atoms with Crippen LogP contribution < -0.4 is 5.73 Å². The molecule has 29 heavy (non-hydrogen) atoms. The highest BCUT2D eigenvalue weighted by Crippen LogP contribution is 2.65. The standard InChI is InChI=1S/C27H18BrN/c28-26-21-9-3-6-12-24(21)27(25(26)17-13-15-18(29)16-14-17)22-10-4-1-7-19(22)20-8-2-5-11-23(20)27/h1-16H,29H2. The van der Waals surface area contributed by atoms with E-state index in [1.54, 1.807) is 0 Å². The Labute approximate surface area is 178 Å². The van der Waals surface area contributed by atoms with Crippen LogP contribution in [0.5, 0.6) is 0 Å². The van der Waals surface area contributed by atoms with Crippen molar-refractivity contribution in [2.45, 2.75) is 5.41 Å². The van der Waals surface area contributed by atoms with Gasteiger partial charge in [0.05, 0.1) is 5.41 Å². The van der Waals surface area contributed by atoms with Gasteiger partial charge < -0.3 is 5.73 Å². The Morgan fingerprint density at radius 2 is 1.00 bits per heavy atom. The molecule has 2 N–H and O–H groups in total. The topological polar surface area (TPSA) is 26.0 Å². The van der Waals surface area contributed by atoms with Crippen molar-refractivity contribution in [1.29, 1.82) is 0 Å². The van der Waals surface area contributed by atoms with E-state index in [4.69, 9.17) is 5.73 Å². The van der Waals surface area contributed by atoms with Crippen LogP contribution >= 0.6 is 15.9 Å². The third kappa shape index (κ3) is 2.05. The summed E-state index contributed by atoms with van der Waals surface area (Å²) in [5, 5.41) is 0.